The zero-order chi connectivity index (χ0) is 17.5. The number of carbonyl (C=O) groups excluding carboxylic acids is 1. The number of hydrogen-bond donors (Lipinski definition) is 1. The van der Waals surface area contributed by atoms with Crippen molar-refractivity contribution in [1.82, 2.24) is 4.90 Å². The van der Waals surface area contributed by atoms with E-state index in [0.29, 0.717) is 6.61 Å². The Morgan fingerprint density at radius 1 is 1.20 bits per heavy atom. The lowest BCUT2D eigenvalue weighted by Crippen LogP contribution is -2.42. The lowest BCUT2D eigenvalue weighted by Gasteiger charge is -2.26. The van der Waals surface area contributed by atoms with Gasteiger partial charge in [0, 0.05) is 32.4 Å². The van der Waals surface area contributed by atoms with Crippen molar-refractivity contribution in [3.63, 3.8) is 0 Å². The number of rotatable bonds is 7. The predicted molar refractivity (Wildman–Crippen MR) is 96.0 cm³/mol. The van der Waals surface area contributed by atoms with Crippen molar-refractivity contribution in [3.05, 3.63) is 24.3 Å². The molecule has 1 aliphatic heterocycles. The van der Waals surface area contributed by atoms with Crippen LogP contribution < -0.4 is 10.1 Å². The zero-order valence-electron chi connectivity index (χ0n) is 15.0. The van der Waals surface area contributed by atoms with Crippen molar-refractivity contribution >= 4 is 11.6 Å². The maximum atomic E-state index is 12.5. The number of anilines is 1. The molecule has 6 nitrogen and oxygen atoms in total. The molecule has 1 saturated carbocycles. The molecule has 25 heavy (non-hydrogen) atoms. The summed E-state index contributed by atoms with van der Waals surface area (Å²) in [5.41, 5.74) is 0.113. The van der Waals surface area contributed by atoms with Crippen molar-refractivity contribution in [2.45, 2.75) is 31.3 Å². The first-order valence-corrected chi connectivity index (χ1v) is 9.11. The summed E-state index contributed by atoms with van der Waals surface area (Å²) in [5, 5.41) is 2.97. The first-order valence-electron chi connectivity index (χ1n) is 9.11. The molecule has 1 heterocycles. The van der Waals surface area contributed by atoms with Crippen LogP contribution in [0.15, 0.2) is 24.3 Å². The molecule has 3 rings (SSSR count). The van der Waals surface area contributed by atoms with Crippen LogP contribution in [0.3, 0.4) is 0 Å². The van der Waals surface area contributed by atoms with Gasteiger partial charge in [-0.15, -0.1) is 0 Å². The van der Waals surface area contributed by atoms with Crippen LogP contribution in [0.25, 0.3) is 0 Å². The Hall–Kier alpha value is -1.63. The molecule has 2 fully saturated rings. The minimum atomic E-state index is -0.659. The van der Waals surface area contributed by atoms with Crippen molar-refractivity contribution in [1.29, 1.82) is 0 Å². The van der Waals surface area contributed by atoms with Gasteiger partial charge in [0.1, 0.15) is 18.0 Å². The Bertz CT molecular complexity index is 549. The van der Waals surface area contributed by atoms with Crippen molar-refractivity contribution < 1.29 is 19.0 Å². The number of methoxy groups -OCH3 is 1. The molecule has 0 aromatic heterocycles. The second-order valence-electron chi connectivity index (χ2n) is 6.69. The number of amides is 1. The number of carbonyl (C=O) groups is 1. The van der Waals surface area contributed by atoms with Crippen LogP contribution in [0.4, 0.5) is 5.69 Å². The van der Waals surface area contributed by atoms with E-state index >= 15 is 0 Å². The van der Waals surface area contributed by atoms with Crippen molar-refractivity contribution in [2.75, 3.05) is 51.9 Å². The fourth-order valence-corrected chi connectivity index (χ4v) is 3.47. The second kappa shape index (κ2) is 8.65. The molecule has 0 atom stereocenters. The summed E-state index contributed by atoms with van der Waals surface area (Å²) in [5.74, 6) is 0.766. The molecule has 1 amide bonds. The summed E-state index contributed by atoms with van der Waals surface area (Å²) in [7, 11) is 1.62. The number of ether oxygens (including phenoxy) is 3. The number of hydrogen-bond acceptors (Lipinski definition) is 5. The third-order valence-corrected chi connectivity index (χ3v) is 5.11. The summed E-state index contributed by atoms with van der Waals surface area (Å²) >= 11 is 0. The van der Waals surface area contributed by atoms with E-state index in [9.17, 15) is 4.79 Å². The molecular weight excluding hydrogens is 320 g/mol. The van der Waals surface area contributed by atoms with Crippen LogP contribution in [0.2, 0.25) is 0 Å². The predicted octanol–water partition coefficient (Wildman–Crippen LogP) is 2.30. The summed E-state index contributed by atoms with van der Waals surface area (Å²) < 4.78 is 16.6. The van der Waals surface area contributed by atoms with E-state index in [0.717, 1.165) is 70.0 Å². The molecule has 0 radical (unpaired) electrons. The summed E-state index contributed by atoms with van der Waals surface area (Å²) in [4.78, 5) is 14.9. The maximum absolute atomic E-state index is 12.5. The number of nitrogens with zero attached hydrogens (tertiary/aromatic N) is 1. The third kappa shape index (κ3) is 4.71. The van der Waals surface area contributed by atoms with E-state index in [1.807, 2.05) is 24.3 Å². The molecule has 0 spiro atoms. The smallest absolute Gasteiger partial charge is 0.256 e. The SMILES string of the molecule is COC1(C(=O)Nc2ccc(OCCN3CCOCC3)cc2)CCCC1. The molecule has 1 aromatic carbocycles. The Balaban J connectivity index is 1.46. The quantitative estimate of drug-likeness (QED) is 0.819. The van der Waals surface area contributed by atoms with E-state index < -0.39 is 5.60 Å². The Labute approximate surface area is 149 Å². The number of benzene rings is 1. The second-order valence-corrected chi connectivity index (χ2v) is 6.69. The zero-order valence-corrected chi connectivity index (χ0v) is 15.0. The van der Waals surface area contributed by atoms with Crippen LogP contribution in [0.1, 0.15) is 25.7 Å². The molecule has 138 valence electrons. The highest BCUT2D eigenvalue weighted by Crippen LogP contribution is 2.33. The third-order valence-electron chi connectivity index (χ3n) is 5.11. The normalized spacial score (nSPS) is 20.4. The molecule has 0 bridgehead atoms. The molecule has 6 heteroatoms. The molecule has 2 aliphatic rings. The Morgan fingerprint density at radius 2 is 1.88 bits per heavy atom. The van der Waals surface area contributed by atoms with E-state index in [2.05, 4.69) is 10.2 Å². The van der Waals surface area contributed by atoms with Crippen molar-refractivity contribution in [2.24, 2.45) is 0 Å². The van der Waals surface area contributed by atoms with Crippen LogP contribution in [-0.2, 0) is 14.3 Å². The van der Waals surface area contributed by atoms with Gasteiger partial charge in [-0.05, 0) is 49.9 Å². The van der Waals surface area contributed by atoms with Crippen LogP contribution in [0, 0.1) is 0 Å². The number of morpholine rings is 1. The van der Waals surface area contributed by atoms with Gasteiger partial charge in [-0.25, -0.2) is 0 Å². The van der Waals surface area contributed by atoms with Crippen LogP contribution in [0.5, 0.6) is 5.75 Å². The van der Waals surface area contributed by atoms with E-state index in [4.69, 9.17) is 14.2 Å². The lowest BCUT2D eigenvalue weighted by molar-refractivity contribution is -0.136. The van der Waals surface area contributed by atoms with Crippen LogP contribution in [-0.4, -0.2) is 63.0 Å². The molecule has 0 unspecified atom stereocenters. The highest BCUT2D eigenvalue weighted by atomic mass is 16.5. The summed E-state index contributed by atoms with van der Waals surface area (Å²) in [6.07, 6.45) is 3.66. The Kier molecular flexibility index (Phi) is 6.29. The highest BCUT2D eigenvalue weighted by Gasteiger charge is 2.41. The van der Waals surface area contributed by atoms with E-state index in [1.165, 1.54) is 0 Å². The molecular formula is C19H28N2O4. The highest BCUT2D eigenvalue weighted by molar-refractivity contribution is 5.97. The van der Waals surface area contributed by atoms with Gasteiger partial charge in [0.25, 0.3) is 5.91 Å². The standard InChI is InChI=1S/C19H28N2O4/c1-23-19(8-2-3-9-19)18(22)20-16-4-6-17(7-5-16)25-15-12-21-10-13-24-14-11-21/h4-7H,2-3,8-15H2,1H3,(H,20,22). The fraction of sp³-hybridized carbons (Fsp3) is 0.632. The number of nitrogens with one attached hydrogen (secondary N) is 1. The first kappa shape index (κ1) is 18.2. The minimum Gasteiger partial charge on any atom is -0.492 e. The Morgan fingerprint density at radius 3 is 2.52 bits per heavy atom. The van der Waals surface area contributed by atoms with Gasteiger partial charge in [-0.1, -0.05) is 0 Å². The van der Waals surface area contributed by atoms with Gasteiger partial charge in [0.2, 0.25) is 0 Å². The summed E-state index contributed by atoms with van der Waals surface area (Å²) in [6.45, 7) is 5.09. The van der Waals surface area contributed by atoms with E-state index in [1.54, 1.807) is 7.11 Å². The van der Waals surface area contributed by atoms with Gasteiger partial charge in [-0.3, -0.25) is 9.69 Å². The first-order chi connectivity index (χ1) is 12.2. The topological polar surface area (TPSA) is 60.0 Å². The minimum absolute atomic E-state index is 0.0477. The van der Waals surface area contributed by atoms with Gasteiger partial charge >= 0.3 is 0 Å². The molecule has 1 aliphatic carbocycles. The maximum Gasteiger partial charge on any atom is 0.256 e. The molecule has 1 aromatic rings. The molecule has 1 saturated heterocycles. The molecule has 1 N–H and O–H groups in total. The van der Waals surface area contributed by atoms with Gasteiger partial charge in [0.05, 0.1) is 13.2 Å². The summed E-state index contributed by atoms with van der Waals surface area (Å²) in [6, 6.07) is 7.53. The largest absolute Gasteiger partial charge is 0.492 e. The van der Waals surface area contributed by atoms with Crippen LogP contribution >= 0.6 is 0 Å². The van der Waals surface area contributed by atoms with Gasteiger partial charge < -0.3 is 19.5 Å². The lowest BCUT2D eigenvalue weighted by atomic mass is 10.0. The van der Waals surface area contributed by atoms with E-state index in [-0.39, 0.29) is 5.91 Å². The average molecular weight is 348 g/mol. The monoisotopic (exact) mass is 348 g/mol. The van der Waals surface area contributed by atoms with Gasteiger partial charge in [0.15, 0.2) is 0 Å². The average Bonchev–Trinajstić information content (AvgIpc) is 3.14. The van der Waals surface area contributed by atoms with Gasteiger partial charge in [-0.2, -0.15) is 0 Å². The fourth-order valence-electron chi connectivity index (χ4n) is 3.47. The van der Waals surface area contributed by atoms with Crippen molar-refractivity contribution in [3.8, 4) is 5.75 Å².